The number of nitrogens with one attached hydrogen (secondary N) is 2. The van der Waals surface area contributed by atoms with Crippen LogP contribution in [0, 0.1) is 6.92 Å². The maximum absolute atomic E-state index is 12.5. The van der Waals surface area contributed by atoms with Gasteiger partial charge in [0, 0.05) is 11.3 Å². The van der Waals surface area contributed by atoms with E-state index in [1.807, 2.05) is 43.3 Å². The van der Waals surface area contributed by atoms with Crippen LogP contribution in [-0.2, 0) is 4.79 Å². The van der Waals surface area contributed by atoms with E-state index in [0.29, 0.717) is 17.4 Å². The second-order valence-corrected chi connectivity index (χ2v) is 7.17. The molecule has 0 atom stereocenters. The first-order valence-electron chi connectivity index (χ1n) is 9.07. The third kappa shape index (κ3) is 4.72. The number of hydrogen-bond acceptors (Lipinski definition) is 2. The van der Waals surface area contributed by atoms with Crippen molar-refractivity contribution in [1.82, 2.24) is 5.32 Å². The van der Waals surface area contributed by atoms with Gasteiger partial charge in [-0.2, -0.15) is 0 Å². The minimum absolute atomic E-state index is 0.0584. The number of hydrogen-bond donors (Lipinski definition) is 2. The monoisotopic (exact) mass is 352 g/mol. The van der Waals surface area contributed by atoms with Crippen LogP contribution < -0.4 is 10.6 Å². The highest BCUT2D eigenvalue weighted by atomic mass is 16.2. The standard InChI is InChI=1S/C22H28N2O2/c1-14(2)17-11-8-12-18(15(3)4)21(17)24-20(25)13-23-22(26)19-10-7-6-9-16(19)5/h6-12,14-15H,13H2,1-5H3,(H,23,26)(H,24,25). The first-order chi connectivity index (χ1) is 12.3. The summed E-state index contributed by atoms with van der Waals surface area (Å²) >= 11 is 0. The molecule has 0 radical (unpaired) electrons. The van der Waals surface area contributed by atoms with Crippen molar-refractivity contribution in [3.05, 3.63) is 64.7 Å². The van der Waals surface area contributed by atoms with Crippen molar-refractivity contribution in [2.24, 2.45) is 0 Å². The minimum Gasteiger partial charge on any atom is -0.343 e. The molecular weight excluding hydrogens is 324 g/mol. The van der Waals surface area contributed by atoms with Crippen molar-refractivity contribution in [1.29, 1.82) is 0 Å². The molecule has 0 fully saturated rings. The van der Waals surface area contributed by atoms with Crippen LogP contribution >= 0.6 is 0 Å². The second kappa shape index (κ2) is 8.65. The predicted molar refractivity (Wildman–Crippen MR) is 107 cm³/mol. The van der Waals surface area contributed by atoms with Gasteiger partial charge in [0.25, 0.3) is 5.91 Å². The van der Waals surface area contributed by atoms with Gasteiger partial charge in [-0.15, -0.1) is 0 Å². The molecule has 2 amide bonds. The van der Waals surface area contributed by atoms with E-state index in [4.69, 9.17) is 0 Å². The van der Waals surface area contributed by atoms with Gasteiger partial charge in [0.15, 0.2) is 0 Å². The minimum atomic E-state index is -0.237. The Kier molecular flexibility index (Phi) is 6.56. The van der Waals surface area contributed by atoms with Gasteiger partial charge in [-0.1, -0.05) is 64.1 Å². The largest absolute Gasteiger partial charge is 0.343 e. The van der Waals surface area contributed by atoms with E-state index in [2.05, 4.69) is 38.3 Å². The van der Waals surface area contributed by atoms with Gasteiger partial charge in [0.05, 0.1) is 6.54 Å². The number of aryl methyl sites for hydroxylation is 1. The lowest BCUT2D eigenvalue weighted by atomic mass is 9.92. The van der Waals surface area contributed by atoms with Crippen molar-refractivity contribution in [3.63, 3.8) is 0 Å². The van der Waals surface area contributed by atoms with E-state index in [1.54, 1.807) is 6.07 Å². The maximum atomic E-state index is 12.5. The fourth-order valence-electron chi connectivity index (χ4n) is 2.96. The molecule has 2 aromatic carbocycles. The molecule has 0 aromatic heterocycles. The van der Waals surface area contributed by atoms with Crippen LogP contribution in [0.1, 0.15) is 66.6 Å². The predicted octanol–water partition coefficient (Wildman–Crippen LogP) is 4.61. The Morgan fingerprint density at radius 1 is 0.885 bits per heavy atom. The Bertz CT molecular complexity index is 768. The lowest BCUT2D eigenvalue weighted by Gasteiger charge is -2.20. The number of benzene rings is 2. The fourth-order valence-corrected chi connectivity index (χ4v) is 2.96. The first kappa shape index (κ1) is 19.7. The molecule has 4 heteroatoms. The Morgan fingerprint density at radius 2 is 1.46 bits per heavy atom. The summed E-state index contributed by atoms with van der Waals surface area (Å²) in [6.07, 6.45) is 0. The van der Waals surface area contributed by atoms with E-state index >= 15 is 0 Å². The average molecular weight is 352 g/mol. The van der Waals surface area contributed by atoms with Crippen molar-refractivity contribution < 1.29 is 9.59 Å². The third-order valence-electron chi connectivity index (χ3n) is 4.44. The summed E-state index contributed by atoms with van der Waals surface area (Å²) in [6, 6.07) is 13.4. The van der Waals surface area contributed by atoms with Gasteiger partial charge < -0.3 is 10.6 Å². The summed E-state index contributed by atoms with van der Waals surface area (Å²) in [6.45, 7) is 10.2. The third-order valence-corrected chi connectivity index (χ3v) is 4.44. The highest BCUT2D eigenvalue weighted by Gasteiger charge is 2.16. The van der Waals surface area contributed by atoms with Crippen LogP contribution in [0.5, 0.6) is 0 Å². The molecule has 0 aliphatic rings. The molecular formula is C22H28N2O2. The van der Waals surface area contributed by atoms with Crippen molar-refractivity contribution in [2.75, 3.05) is 11.9 Å². The van der Waals surface area contributed by atoms with Crippen LogP contribution in [0.15, 0.2) is 42.5 Å². The lowest BCUT2D eigenvalue weighted by molar-refractivity contribution is -0.115. The summed E-state index contributed by atoms with van der Waals surface area (Å²) in [5, 5.41) is 5.72. The Hall–Kier alpha value is -2.62. The smallest absolute Gasteiger partial charge is 0.251 e. The van der Waals surface area contributed by atoms with Crippen molar-refractivity contribution in [2.45, 2.75) is 46.5 Å². The number of carbonyl (C=O) groups is 2. The van der Waals surface area contributed by atoms with Crippen molar-refractivity contribution >= 4 is 17.5 Å². The molecule has 138 valence electrons. The molecule has 0 saturated heterocycles. The van der Waals surface area contributed by atoms with E-state index in [0.717, 1.165) is 22.4 Å². The Morgan fingerprint density at radius 3 is 2.00 bits per heavy atom. The molecule has 0 saturated carbocycles. The molecule has 0 spiro atoms. The molecule has 2 aromatic rings. The number of anilines is 1. The molecule has 0 heterocycles. The quantitative estimate of drug-likeness (QED) is 0.797. The highest BCUT2D eigenvalue weighted by Crippen LogP contribution is 2.32. The van der Waals surface area contributed by atoms with Gasteiger partial charge in [0.2, 0.25) is 5.91 Å². The zero-order valence-electron chi connectivity index (χ0n) is 16.2. The van der Waals surface area contributed by atoms with E-state index in [9.17, 15) is 9.59 Å². The Balaban J connectivity index is 2.11. The van der Waals surface area contributed by atoms with E-state index in [1.165, 1.54) is 0 Å². The summed E-state index contributed by atoms with van der Waals surface area (Å²) in [7, 11) is 0. The molecule has 2 rings (SSSR count). The number of para-hydroxylation sites is 1. The van der Waals surface area contributed by atoms with Crippen LogP contribution in [0.25, 0.3) is 0 Å². The molecule has 0 aliphatic heterocycles. The van der Waals surface area contributed by atoms with Gasteiger partial charge in [-0.25, -0.2) is 0 Å². The summed E-state index contributed by atoms with van der Waals surface area (Å²) < 4.78 is 0. The summed E-state index contributed by atoms with van der Waals surface area (Å²) in [5.74, 6) is 0.137. The Labute approximate surface area is 156 Å². The SMILES string of the molecule is Cc1ccccc1C(=O)NCC(=O)Nc1c(C(C)C)cccc1C(C)C. The van der Waals surface area contributed by atoms with Crippen LogP contribution in [0.3, 0.4) is 0 Å². The zero-order chi connectivity index (χ0) is 19.3. The molecule has 2 N–H and O–H groups in total. The number of amides is 2. The molecule has 0 aliphatic carbocycles. The topological polar surface area (TPSA) is 58.2 Å². The molecule has 26 heavy (non-hydrogen) atoms. The van der Waals surface area contributed by atoms with E-state index < -0.39 is 0 Å². The molecule has 0 bridgehead atoms. The fraction of sp³-hybridized carbons (Fsp3) is 0.364. The zero-order valence-corrected chi connectivity index (χ0v) is 16.2. The van der Waals surface area contributed by atoms with Crippen molar-refractivity contribution in [3.8, 4) is 0 Å². The van der Waals surface area contributed by atoms with E-state index in [-0.39, 0.29) is 18.4 Å². The summed E-state index contributed by atoms with van der Waals surface area (Å²) in [4.78, 5) is 24.7. The molecule has 4 nitrogen and oxygen atoms in total. The van der Waals surface area contributed by atoms with Gasteiger partial charge in [-0.3, -0.25) is 9.59 Å². The normalized spacial score (nSPS) is 10.9. The van der Waals surface area contributed by atoms with Gasteiger partial charge in [0.1, 0.15) is 0 Å². The van der Waals surface area contributed by atoms with Crippen LogP contribution in [0.4, 0.5) is 5.69 Å². The number of carbonyl (C=O) groups excluding carboxylic acids is 2. The van der Waals surface area contributed by atoms with Crippen LogP contribution in [-0.4, -0.2) is 18.4 Å². The maximum Gasteiger partial charge on any atom is 0.251 e. The lowest BCUT2D eigenvalue weighted by Crippen LogP contribution is -2.33. The molecule has 0 unspecified atom stereocenters. The van der Waals surface area contributed by atoms with Gasteiger partial charge >= 0.3 is 0 Å². The van der Waals surface area contributed by atoms with Gasteiger partial charge in [-0.05, 0) is 41.5 Å². The average Bonchev–Trinajstić information content (AvgIpc) is 2.59. The first-order valence-corrected chi connectivity index (χ1v) is 9.07. The van der Waals surface area contributed by atoms with Crippen LogP contribution in [0.2, 0.25) is 0 Å². The number of rotatable bonds is 6. The second-order valence-electron chi connectivity index (χ2n) is 7.17. The summed E-state index contributed by atoms with van der Waals surface area (Å²) in [5.41, 5.74) is 4.56. The highest BCUT2D eigenvalue weighted by molar-refractivity contribution is 6.00.